The van der Waals surface area contributed by atoms with Crippen LogP contribution in [-0.4, -0.2) is 13.0 Å². The first-order valence-electron chi connectivity index (χ1n) is 6.98. The van der Waals surface area contributed by atoms with Crippen molar-refractivity contribution in [3.63, 3.8) is 0 Å². The third-order valence-electron chi connectivity index (χ3n) is 3.12. The van der Waals surface area contributed by atoms with Gasteiger partial charge in [0.1, 0.15) is 5.82 Å². The predicted molar refractivity (Wildman–Crippen MR) is 103 cm³/mol. The highest BCUT2D eigenvalue weighted by Crippen LogP contribution is 2.16. The van der Waals surface area contributed by atoms with Crippen molar-refractivity contribution in [2.75, 3.05) is 7.05 Å². The highest BCUT2D eigenvalue weighted by atomic mass is 127. The van der Waals surface area contributed by atoms with Gasteiger partial charge >= 0.3 is 0 Å². The number of halogens is 2. The van der Waals surface area contributed by atoms with Crippen molar-refractivity contribution in [2.24, 2.45) is 4.99 Å². The van der Waals surface area contributed by atoms with Crippen molar-refractivity contribution in [3.8, 4) is 0 Å². The van der Waals surface area contributed by atoms with E-state index in [0.29, 0.717) is 18.1 Å². The molecule has 2 rings (SSSR count). The number of hydrogen-bond donors (Lipinski definition) is 2. The molecule has 0 unspecified atom stereocenters. The molecule has 0 saturated heterocycles. The van der Waals surface area contributed by atoms with Gasteiger partial charge in [-0.15, -0.1) is 35.3 Å². The third-order valence-corrected chi connectivity index (χ3v) is 4.35. The van der Waals surface area contributed by atoms with Gasteiger partial charge < -0.3 is 10.6 Å². The summed E-state index contributed by atoms with van der Waals surface area (Å²) in [7, 11) is 1.71. The third kappa shape index (κ3) is 5.57. The van der Waals surface area contributed by atoms with Crippen LogP contribution < -0.4 is 10.6 Å². The largest absolute Gasteiger partial charge is 0.352 e. The topological polar surface area (TPSA) is 36.4 Å². The molecule has 1 aromatic carbocycles. The second-order valence-electron chi connectivity index (χ2n) is 4.59. The van der Waals surface area contributed by atoms with Crippen LogP contribution in [0.5, 0.6) is 0 Å². The normalized spacial score (nSPS) is 11.0. The van der Waals surface area contributed by atoms with Crippen LogP contribution in [0.4, 0.5) is 4.39 Å². The van der Waals surface area contributed by atoms with Crippen LogP contribution in [0, 0.1) is 5.82 Å². The first-order valence-corrected chi connectivity index (χ1v) is 7.80. The summed E-state index contributed by atoms with van der Waals surface area (Å²) in [6.07, 6.45) is 1.06. The molecule has 0 fully saturated rings. The summed E-state index contributed by atoms with van der Waals surface area (Å²) in [5.74, 6) is 0.469. The van der Waals surface area contributed by atoms with Crippen molar-refractivity contribution in [1.82, 2.24) is 10.6 Å². The fourth-order valence-electron chi connectivity index (χ4n) is 1.92. The van der Waals surface area contributed by atoms with Gasteiger partial charge in [-0.2, -0.15) is 0 Å². The zero-order valence-electron chi connectivity index (χ0n) is 12.7. The standard InChI is InChI=1S/C16H20FN3S.HI/c1-3-13-8-9-14(21-13)11-20-16(18-2)19-10-12-6-4-5-7-15(12)17;/h4-9H,3,10-11H2,1-2H3,(H2,18,19,20);1H. The Bertz CT molecular complexity index is 613. The van der Waals surface area contributed by atoms with Crippen LogP contribution in [0.1, 0.15) is 22.2 Å². The van der Waals surface area contributed by atoms with Gasteiger partial charge in [-0.25, -0.2) is 4.39 Å². The lowest BCUT2D eigenvalue weighted by molar-refractivity contribution is 0.604. The van der Waals surface area contributed by atoms with E-state index in [2.05, 4.69) is 34.7 Å². The predicted octanol–water partition coefficient (Wildman–Crippen LogP) is 3.93. The quantitative estimate of drug-likeness (QED) is 0.426. The SMILES string of the molecule is CCc1ccc(CNC(=NC)NCc2ccccc2F)s1.I. The van der Waals surface area contributed by atoms with Gasteiger partial charge in [0, 0.05) is 28.9 Å². The van der Waals surface area contributed by atoms with E-state index in [0.717, 1.165) is 13.0 Å². The molecule has 0 amide bonds. The maximum absolute atomic E-state index is 13.5. The summed E-state index contributed by atoms with van der Waals surface area (Å²) in [4.78, 5) is 6.79. The van der Waals surface area contributed by atoms with Crippen molar-refractivity contribution >= 4 is 41.3 Å². The minimum absolute atomic E-state index is 0. The number of nitrogens with zero attached hydrogens (tertiary/aromatic N) is 1. The molecule has 0 atom stereocenters. The molecule has 0 bridgehead atoms. The fraction of sp³-hybridized carbons (Fsp3) is 0.312. The Balaban J connectivity index is 0.00000242. The lowest BCUT2D eigenvalue weighted by atomic mass is 10.2. The van der Waals surface area contributed by atoms with Gasteiger partial charge in [-0.1, -0.05) is 25.1 Å². The molecule has 0 saturated carbocycles. The minimum atomic E-state index is -0.203. The lowest BCUT2D eigenvalue weighted by Gasteiger charge is -2.11. The zero-order chi connectivity index (χ0) is 15.1. The number of aliphatic imine (C=N–C) groups is 1. The highest BCUT2D eigenvalue weighted by molar-refractivity contribution is 14.0. The molecule has 0 spiro atoms. The van der Waals surface area contributed by atoms with E-state index in [1.165, 1.54) is 15.8 Å². The van der Waals surface area contributed by atoms with Crippen LogP contribution >= 0.6 is 35.3 Å². The Hall–Kier alpha value is -1.15. The number of benzene rings is 1. The number of guanidine groups is 1. The second-order valence-corrected chi connectivity index (χ2v) is 5.85. The molecule has 0 aliphatic carbocycles. The average Bonchev–Trinajstić information content (AvgIpc) is 2.97. The van der Waals surface area contributed by atoms with Crippen molar-refractivity contribution in [2.45, 2.75) is 26.4 Å². The van der Waals surface area contributed by atoms with Gasteiger partial charge in [-0.05, 0) is 24.6 Å². The molecule has 1 aromatic heterocycles. The molecule has 6 heteroatoms. The molecule has 0 aliphatic heterocycles. The monoisotopic (exact) mass is 433 g/mol. The molecular formula is C16H21FIN3S. The molecule has 2 aromatic rings. The van der Waals surface area contributed by atoms with Crippen LogP contribution in [0.2, 0.25) is 0 Å². The van der Waals surface area contributed by atoms with Gasteiger partial charge in [0.25, 0.3) is 0 Å². The zero-order valence-corrected chi connectivity index (χ0v) is 15.9. The van der Waals surface area contributed by atoms with Crippen LogP contribution in [-0.2, 0) is 19.5 Å². The summed E-state index contributed by atoms with van der Waals surface area (Å²) in [5.41, 5.74) is 0.629. The second kappa shape index (κ2) is 9.78. The van der Waals surface area contributed by atoms with Crippen LogP contribution in [0.25, 0.3) is 0 Å². The smallest absolute Gasteiger partial charge is 0.191 e. The summed E-state index contributed by atoms with van der Waals surface area (Å²) >= 11 is 1.80. The molecular weight excluding hydrogens is 412 g/mol. The van der Waals surface area contributed by atoms with Crippen molar-refractivity contribution in [3.05, 3.63) is 57.5 Å². The average molecular weight is 433 g/mol. The number of thiophene rings is 1. The molecule has 0 radical (unpaired) electrons. The van der Waals surface area contributed by atoms with E-state index in [4.69, 9.17) is 0 Å². The molecule has 22 heavy (non-hydrogen) atoms. The Kier molecular flexibility index (Phi) is 8.40. The highest BCUT2D eigenvalue weighted by Gasteiger charge is 2.03. The van der Waals surface area contributed by atoms with Crippen LogP contribution in [0.3, 0.4) is 0 Å². The summed E-state index contributed by atoms with van der Waals surface area (Å²) in [6, 6.07) is 11.0. The van der Waals surface area contributed by atoms with Crippen molar-refractivity contribution in [1.29, 1.82) is 0 Å². The van der Waals surface area contributed by atoms with Gasteiger partial charge in [0.05, 0.1) is 6.54 Å². The first kappa shape index (κ1) is 18.9. The Morgan fingerprint density at radius 3 is 2.41 bits per heavy atom. The summed E-state index contributed by atoms with van der Waals surface area (Å²) in [6.45, 7) is 3.29. The van der Waals surface area contributed by atoms with E-state index in [-0.39, 0.29) is 29.8 Å². The number of nitrogens with one attached hydrogen (secondary N) is 2. The van der Waals surface area contributed by atoms with E-state index < -0.39 is 0 Å². The van der Waals surface area contributed by atoms with Gasteiger partial charge in [0.2, 0.25) is 0 Å². The van der Waals surface area contributed by atoms with Crippen LogP contribution in [0.15, 0.2) is 41.4 Å². The van der Waals surface area contributed by atoms with Gasteiger partial charge in [0.15, 0.2) is 5.96 Å². The molecule has 120 valence electrons. The number of aryl methyl sites for hydroxylation is 1. The van der Waals surface area contributed by atoms with E-state index >= 15 is 0 Å². The fourth-order valence-corrected chi connectivity index (χ4v) is 2.82. The Morgan fingerprint density at radius 2 is 1.77 bits per heavy atom. The Labute approximate surface area is 152 Å². The summed E-state index contributed by atoms with van der Waals surface area (Å²) < 4.78 is 13.5. The molecule has 0 aliphatic rings. The number of rotatable bonds is 5. The maximum atomic E-state index is 13.5. The first-order chi connectivity index (χ1) is 10.2. The lowest BCUT2D eigenvalue weighted by Crippen LogP contribution is -2.36. The van der Waals surface area contributed by atoms with E-state index in [1.807, 2.05) is 6.07 Å². The van der Waals surface area contributed by atoms with E-state index in [9.17, 15) is 4.39 Å². The molecule has 1 heterocycles. The summed E-state index contributed by atoms with van der Waals surface area (Å²) in [5, 5.41) is 6.36. The molecule has 3 nitrogen and oxygen atoms in total. The van der Waals surface area contributed by atoms with Crippen molar-refractivity contribution < 1.29 is 4.39 Å². The van der Waals surface area contributed by atoms with E-state index in [1.54, 1.807) is 30.5 Å². The number of hydrogen-bond acceptors (Lipinski definition) is 2. The maximum Gasteiger partial charge on any atom is 0.191 e. The molecule has 2 N–H and O–H groups in total. The minimum Gasteiger partial charge on any atom is -0.352 e. The Morgan fingerprint density at radius 1 is 1.09 bits per heavy atom. The van der Waals surface area contributed by atoms with Gasteiger partial charge in [-0.3, -0.25) is 4.99 Å².